The maximum absolute atomic E-state index is 13.0. The lowest BCUT2D eigenvalue weighted by Crippen LogP contribution is -2.58. The molecule has 0 aliphatic heterocycles. The van der Waals surface area contributed by atoms with Crippen LogP contribution in [-0.2, 0) is 11.8 Å². The van der Waals surface area contributed by atoms with E-state index >= 15 is 0 Å². The van der Waals surface area contributed by atoms with Gasteiger partial charge in [-0.05, 0) is 13.1 Å². The van der Waals surface area contributed by atoms with Crippen molar-refractivity contribution in [2.24, 2.45) is 13.0 Å². The van der Waals surface area contributed by atoms with E-state index in [-0.39, 0.29) is 12.0 Å². The molecule has 1 unspecified atom stereocenters. The number of alkyl halides is 2. The number of hydrogen-bond donors (Lipinski definition) is 5. The number of anilines is 1. The number of amides is 1. The molecule has 1 aromatic rings. The maximum atomic E-state index is 13.0. The fourth-order valence-electron chi connectivity index (χ4n) is 2.14. The number of nitrogens with one attached hydrogen (secondary N) is 5. The van der Waals surface area contributed by atoms with E-state index in [2.05, 4.69) is 32.9 Å². The molecule has 10 heteroatoms. The number of rotatable bonds is 7. The Labute approximate surface area is 138 Å². The van der Waals surface area contributed by atoms with Gasteiger partial charge in [0.25, 0.3) is 5.92 Å². The lowest BCUT2D eigenvalue weighted by molar-refractivity contribution is -0.125. The van der Waals surface area contributed by atoms with E-state index in [0.717, 1.165) is 0 Å². The van der Waals surface area contributed by atoms with Crippen LogP contribution in [0, 0.1) is 11.3 Å². The van der Waals surface area contributed by atoms with Gasteiger partial charge in [-0.1, -0.05) is 6.58 Å². The first-order chi connectivity index (χ1) is 11.2. The van der Waals surface area contributed by atoms with Gasteiger partial charge in [-0.25, -0.2) is 8.78 Å². The summed E-state index contributed by atoms with van der Waals surface area (Å²) in [5.74, 6) is -5.10. The minimum Gasteiger partial charge on any atom is -0.385 e. The third-order valence-electron chi connectivity index (χ3n) is 3.60. The zero-order valence-electron chi connectivity index (χ0n) is 13.4. The van der Waals surface area contributed by atoms with Gasteiger partial charge in [-0.2, -0.15) is 5.10 Å². The molecule has 0 saturated heterocycles. The fraction of sp³-hybridized carbons (Fsp3) is 0.500. The number of halogens is 2. The molecule has 0 aromatic carbocycles. The summed E-state index contributed by atoms with van der Waals surface area (Å²) >= 11 is 0. The first-order valence-electron chi connectivity index (χ1n) is 7.39. The van der Waals surface area contributed by atoms with Crippen LogP contribution in [0.25, 0.3) is 0 Å². The van der Waals surface area contributed by atoms with Gasteiger partial charge in [0.15, 0.2) is 5.96 Å². The minimum atomic E-state index is -2.94. The Hall–Kier alpha value is -2.65. The Morgan fingerprint density at radius 3 is 2.75 bits per heavy atom. The van der Waals surface area contributed by atoms with Gasteiger partial charge in [0, 0.05) is 19.7 Å². The zero-order chi connectivity index (χ0) is 17.9. The minimum absolute atomic E-state index is 0.103. The number of aromatic nitrogens is 2. The molecule has 1 heterocycles. The van der Waals surface area contributed by atoms with Crippen LogP contribution in [0.1, 0.15) is 13.3 Å². The summed E-state index contributed by atoms with van der Waals surface area (Å²) in [6, 6.07) is -0.380. The van der Waals surface area contributed by atoms with Crippen molar-refractivity contribution in [2.45, 2.75) is 31.5 Å². The summed E-state index contributed by atoms with van der Waals surface area (Å²) in [5.41, 5.74) is 0.582. The van der Waals surface area contributed by atoms with E-state index in [4.69, 9.17) is 5.41 Å². The summed E-state index contributed by atoms with van der Waals surface area (Å²) in [6.45, 7) is 5.25. The van der Waals surface area contributed by atoms with Crippen molar-refractivity contribution >= 4 is 17.6 Å². The normalized spacial score (nSPS) is 20.4. The molecule has 3 atom stereocenters. The van der Waals surface area contributed by atoms with Crippen LogP contribution in [0.2, 0.25) is 0 Å². The van der Waals surface area contributed by atoms with Crippen LogP contribution in [0.15, 0.2) is 25.2 Å². The van der Waals surface area contributed by atoms with Gasteiger partial charge < -0.3 is 21.3 Å². The lowest BCUT2D eigenvalue weighted by atomic mass is 10.2. The topological polar surface area (TPSA) is 107 Å². The molecule has 1 aliphatic rings. The molecule has 132 valence electrons. The molecule has 0 spiro atoms. The smallest absolute Gasteiger partial charge is 0.260 e. The number of hydrogen-bond acceptors (Lipinski definition) is 4. The van der Waals surface area contributed by atoms with Gasteiger partial charge >= 0.3 is 0 Å². The molecule has 2 rings (SSSR count). The standard InChI is InChI=1S/C14H21F2N7O/c1-4-18-8(2)11(21-12(24)10-5-14(10,15)16)22-13(17)20-9-6-19-23(3)7-9/h4,6-8,10-11,18H,1,5H2,2-3H3,(H,21,24)(H3,17,20,22)/t8?,10-,11+/m0/s1. The highest BCUT2D eigenvalue weighted by molar-refractivity contribution is 5.91. The van der Waals surface area contributed by atoms with Crippen molar-refractivity contribution in [2.75, 3.05) is 5.32 Å². The zero-order valence-corrected chi connectivity index (χ0v) is 13.4. The molecule has 1 fully saturated rings. The summed E-state index contributed by atoms with van der Waals surface area (Å²) in [4.78, 5) is 11.9. The van der Waals surface area contributed by atoms with E-state index in [1.54, 1.807) is 24.9 Å². The predicted molar refractivity (Wildman–Crippen MR) is 85.5 cm³/mol. The van der Waals surface area contributed by atoms with Crippen molar-refractivity contribution in [1.82, 2.24) is 25.7 Å². The molecule has 1 aliphatic carbocycles. The predicted octanol–water partition coefficient (Wildman–Crippen LogP) is 0.575. The average Bonchev–Trinajstić information content (AvgIpc) is 2.93. The van der Waals surface area contributed by atoms with Gasteiger partial charge in [-0.3, -0.25) is 14.9 Å². The fourth-order valence-corrected chi connectivity index (χ4v) is 2.14. The highest BCUT2D eigenvalue weighted by Crippen LogP contribution is 2.48. The van der Waals surface area contributed by atoms with E-state index < -0.39 is 30.3 Å². The third kappa shape index (κ3) is 4.43. The second-order valence-corrected chi connectivity index (χ2v) is 5.71. The van der Waals surface area contributed by atoms with Crippen LogP contribution >= 0.6 is 0 Å². The molecule has 0 radical (unpaired) electrons. The largest absolute Gasteiger partial charge is 0.385 e. The third-order valence-corrected chi connectivity index (χ3v) is 3.60. The van der Waals surface area contributed by atoms with E-state index in [0.29, 0.717) is 5.69 Å². The molecule has 0 bridgehead atoms. The lowest BCUT2D eigenvalue weighted by Gasteiger charge is -2.27. The van der Waals surface area contributed by atoms with Crippen molar-refractivity contribution in [3.63, 3.8) is 0 Å². The number of guanidine groups is 1. The molecule has 5 N–H and O–H groups in total. The molecule has 8 nitrogen and oxygen atoms in total. The molecule has 1 amide bonds. The van der Waals surface area contributed by atoms with Crippen LogP contribution in [0.4, 0.5) is 14.5 Å². The molecule has 1 aromatic heterocycles. The monoisotopic (exact) mass is 341 g/mol. The molecule has 24 heavy (non-hydrogen) atoms. The quantitative estimate of drug-likeness (QED) is 0.283. The van der Waals surface area contributed by atoms with Gasteiger partial charge in [0.2, 0.25) is 5.91 Å². The highest BCUT2D eigenvalue weighted by Gasteiger charge is 2.61. The number of carbonyl (C=O) groups is 1. The van der Waals surface area contributed by atoms with Crippen LogP contribution < -0.4 is 21.3 Å². The van der Waals surface area contributed by atoms with Crippen LogP contribution in [0.5, 0.6) is 0 Å². The first-order valence-corrected chi connectivity index (χ1v) is 7.39. The van der Waals surface area contributed by atoms with E-state index in [1.807, 2.05) is 0 Å². The van der Waals surface area contributed by atoms with Crippen LogP contribution in [-0.4, -0.2) is 39.8 Å². The second-order valence-electron chi connectivity index (χ2n) is 5.71. The Bertz CT molecular complexity index is 630. The Kier molecular flexibility index (Phi) is 5.05. The number of carbonyl (C=O) groups excluding carboxylic acids is 1. The van der Waals surface area contributed by atoms with Crippen molar-refractivity contribution in [1.29, 1.82) is 5.41 Å². The molecular weight excluding hydrogens is 320 g/mol. The number of aryl methyl sites for hydroxylation is 1. The summed E-state index contributed by atoms with van der Waals surface area (Å²) < 4.78 is 27.6. The van der Waals surface area contributed by atoms with Crippen molar-refractivity contribution < 1.29 is 13.6 Å². The van der Waals surface area contributed by atoms with Crippen molar-refractivity contribution in [3.05, 3.63) is 25.2 Å². The van der Waals surface area contributed by atoms with Gasteiger partial charge in [0.05, 0.1) is 17.9 Å². The SMILES string of the molecule is C=CNC(C)[C@@H](NC(=N)Nc1cnn(C)c1)NC(=O)[C@@H]1CC1(F)F. The number of nitrogens with zero attached hydrogens (tertiary/aromatic N) is 2. The molecular formula is C14H21F2N7O. The Morgan fingerprint density at radius 1 is 1.58 bits per heavy atom. The Morgan fingerprint density at radius 2 is 2.25 bits per heavy atom. The Balaban J connectivity index is 1.96. The van der Waals surface area contributed by atoms with Gasteiger partial charge in [0.1, 0.15) is 12.1 Å². The summed E-state index contributed by atoms with van der Waals surface area (Å²) in [5, 5.41) is 22.8. The highest BCUT2D eigenvalue weighted by atomic mass is 19.3. The van der Waals surface area contributed by atoms with Crippen LogP contribution in [0.3, 0.4) is 0 Å². The average molecular weight is 341 g/mol. The second kappa shape index (κ2) is 6.85. The van der Waals surface area contributed by atoms with E-state index in [9.17, 15) is 13.6 Å². The summed E-state index contributed by atoms with van der Waals surface area (Å²) in [7, 11) is 1.73. The van der Waals surface area contributed by atoms with E-state index in [1.165, 1.54) is 12.4 Å². The molecule has 1 saturated carbocycles. The van der Waals surface area contributed by atoms with Crippen molar-refractivity contribution in [3.8, 4) is 0 Å². The maximum Gasteiger partial charge on any atom is 0.260 e. The first kappa shape index (κ1) is 17.7. The van der Waals surface area contributed by atoms with Gasteiger partial charge in [-0.15, -0.1) is 0 Å². The summed E-state index contributed by atoms with van der Waals surface area (Å²) in [6.07, 6.45) is 3.40.